The molecular formula is C19H22FNO4S. The van der Waals surface area contributed by atoms with Crippen LogP contribution in [0.1, 0.15) is 24.0 Å². The van der Waals surface area contributed by atoms with Gasteiger partial charge >= 0.3 is 0 Å². The van der Waals surface area contributed by atoms with Crippen LogP contribution in [0.5, 0.6) is 11.5 Å². The number of halogens is 1. The van der Waals surface area contributed by atoms with Crippen molar-refractivity contribution in [1.29, 1.82) is 0 Å². The lowest BCUT2D eigenvalue weighted by Gasteiger charge is -2.24. The van der Waals surface area contributed by atoms with Gasteiger partial charge in [-0.3, -0.25) is 0 Å². The Kier molecular flexibility index (Phi) is 5.20. The quantitative estimate of drug-likeness (QED) is 0.739. The van der Waals surface area contributed by atoms with Crippen molar-refractivity contribution >= 4 is 10.0 Å². The number of nitrogens with zero attached hydrogens (tertiary/aromatic N) is 1. The molecule has 0 saturated heterocycles. The topological polar surface area (TPSA) is 55.8 Å². The molecule has 1 aliphatic rings. The fourth-order valence-corrected chi connectivity index (χ4v) is 4.83. The maximum Gasteiger partial charge on any atom is 0.243 e. The predicted octanol–water partition coefficient (Wildman–Crippen LogP) is 3.50. The molecule has 2 aromatic carbocycles. The van der Waals surface area contributed by atoms with Crippen molar-refractivity contribution in [3.05, 3.63) is 53.3 Å². The molecule has 0 bridgehead atoms. The molecule has 0 aliphatic heterocycles. The molecule has 140 valence electrons. The zero-order valence-corrected chi connectivity index (χ0v) is 15.8. The maximum atomic E-state index is 13.7. The van der Waals surface area contributed by atoms with E-state index >= 15 is 0 Å². The van der Waals surface area contributed by atoms with Crippen LogP contribution < -0.4 is 9.47 Å². The first-order valence-corrected chi connectivity index (χ1v) is 9.79. The highest BCUT2D eigenvalue weighted by Gasteiger charge is 2.39. The van der Waals surface area contributed by atoms with Gasteiger partial charge in [0.25, 0.3) is 0 Å². The van der Waals surface area contributed by atoms with Crippen molar-refractivity contribution < 1.29 is 22.3 Å². The summed E-state index contributed by atoms with van der Waals surface area (Å²) >= 11 is 0. The van der Waals surface area contributed by atoms with Crippen LogP contribution in [0.3, 0.4) is 0 Å². The highest BCUT2D eigenvalue weighted by molar-refractivity contribution is 7.89. The van der Waals surface area contributed by atoms with Gasteiger partial charge in [-0.1, -0.05) is 6.07 Å². The molecule has 0 atom stereocenters. The molecule has 1 saturated carbocycles. The summed E-state index contributed by atoms with van der Waals surface area (Å²) in [5.74, 6) is 0.641. The summed E-state index contributed by atoms with van der Waals surface area (Å²) in [5.41, 5.74) is 1.23. The van der Waals surface area contributed by atoms with Crippen LogP contribution in [-0.2, 0) is 16.6 Å². The lowest BCUT2D eigenvalue weighted by Crippen LogP contribution is -2.33. The standard InChI is InChI=1S/C19H22FNO4S/c1-13-4-5-15(20)11-19(13)26(22,23)21(16-6-7-16)12-14-10-17(24-2)8-9-18(14)25-3/h4-5,8-11,16H,6-7,12H2,1-3H3. The fraction of sp³-hybridized carbons (Fsp3) is 0.368. The number of hydrogen-bond acceptors (Lipinski definition) is 4. The molecular weight excluding hydrogens is 357 g/mol. The fourth-order valence-electron chi connectivity index (χ4n) is 2.92. The third-order valence-corrected chi connectivity index (χ3v) is 6.55. The second-order valence-corrected chi connectivity index (χ2v) is 8.23. The Morgan fingerprint density at radius 1 is 1.12 bits per heavy atom. The van der Waals surface area contributed by atoms with Gasteiger partial charge in [-0.05, 0) is 55.7 Å². The molecule has 5 nitrogen and oxygen atoms in total. The highest BCUT2D eigenvalue weighted by Crippen LogP contribution is 2.36. The summed E-state index contributed by atoms with van der Waals surface area (Å²) in [6.45, 7) is 1.81. The normalized spacial score (nSPS) is 14.5. The first-order valence-electron chi connectivity index (χ1n) is 8.35. The number of methoxy groups -OCH3 is 2. The summed E-state index contributed by atoms with van der Waals surface area (Å²) in [4.78, 5) is 0.00580. The van der Waals surface area contributed by atoms with Crippen molar-refractivity contribution in [3.63, 3.8) is 0 Å². The van der Waals surface area contributed by atoms with Crippen LogP contribution in [0.15, 0.2) is 41.3 Å². The molecule has 0 spiro atoms. The second kappa shape index (κ2) is 7.25. The van der Waals surface area contributed by atoms with Crippen molar-refractivity contribution in [2.45, 2.75) is 37.2 Å². The van der Waals surface area contributed by atoms with Gasteiger partial charge in [0.05, 0.1) is 19.1 Å². The van der Waals surface area contributed by atoms with E-state index in [0.29, 0.717) is 22.6 Å². The molecule has 1 aliphatic carbocycles. The Hall–Kier alpha value is -2.12. The van der Waals surface area contributed by atoms with Gasteiger partial charge in [0.15, 0.2) is 0 Å². The van der Waals surface area contributed by atoms with Gasteiger partial charge in [-0.25, -0.2) is 12.8 Å². The first-order chi connectivity index (χ1) is 12.4. The van der Waals surface area contributed by atoms with E-state index in [0.717, 1.165) is 18.9 Å². The van der Waals surface area contributed by atoms with E-state index in [1.807, 2.05) is 0 Å². The Labute approximate surface area is 153 Å². The third kappa shape index (κ3) is 3.68. The zero-order chi connectivity index (χ0) is 18.9. The minimum atomic E-state index is -3.84. The lowest BCUT2D eigenvalue weighted by molar-refractivity contribution is 0.369. The number of benzene rings is 2. The van der Waals surface area contributed by atoms with E-state index < -0.39 is 15.8 Å². The van der Waals surface area contributed by atoms with E-state index in [2.05, 4.69) is 0 Å². The van der Waals surface area contributed by atoms with Crippen LogP contribution in [0.4, 0.5) is 4.39 Å². The van der Waals surface area contributed by atoms with E-state index in [1.54, 1.807) is 32.2 Å². The molecule has 2 aromatic rings. The lowest BCUT2D eigenvalue weighted by atomic mass is 10.2. The molecule has 0 aromatic heterocycles. The Balaban J connectivity index is 2.02. The van der Waals surface area contributed by atoms with E-state index in [9.17, 15) is 12.8 Å². The monoisotopic (exact) mass is 379 g/mol. The largest absolute Gasteiger partial charge is 0.497 e. The Bertz CT molecular complexity index is 910. The van der Waals surface area contributed by atoms with Crippen molar-refractivity contribution in [2.24, 2.45) is 0 Å². The molecule has 0 radical (unpaired) electrons. The predicted molar refractivity (Wildman–Crippen MR) is 96.4 cm³/mol. The van der Waals surface area contributed by atoms with Crippen molar-refractivity contribution in [1.82, 2.24) is 4.31 Å². The first kappa shape index (κ1) is 18.7. The summed E-state index contributed by atoms with van der Waals surface area (Å²) in [6.07, 6.45) is 1.58. The molecule has 0 heterocycles. The number of rotatable bonds is 7. The second-order valence-electron chi connectivity index (χ2n) is 6.37. The van der Waals surface area contributed by atoms with Gasteiger partial charge in [0, 0.05) is 18.2 Å². The molecule has 0 amide bonds. The Morgan fingerprint density at radius 2 is 1.85 bits per heavy atom. The van der Waals surface area contributed by atoms with Gasteiger partial charge < -0.3 is 9.47 Å². The van der Waals surface area contributed by atoms with Crippen molar-refractivity contribution in [2.75, 3.05) is 14.2 Å². The third-order valence-electron chi connectivity index (χ3n) is 4.50. The molecule has 0 unspecified atom stereocenters. The number of hydrogen-bond donors (Lipinski definition) is 0. The van der Waals surface area contributed by atoms with Crippen molar-refractivity contribution in [3.8, 4) is 11.5 Å². The van der Waals surface area contributed by atoms with Crippen LogP contribution >= 0.6 is 0 Å². The summed E-state index contributed by atoms with van der Waals surface area (Å²) in [6, 6.07) is 9.03. The van der Waals surface area contributed by atoms with E-state index in [4.69, 9.17) is 9.47 Å². The average molecular weight is 379 g/mol. The van der Waals surface area contributed by atoms with Crippen LogP contribution in [0, 0.1) is 12.7 Å². The van der Waals surface area contributed by atoms with Crippen LogP contribution in [0.2, 0.25) is 0 Å². The SMILES string of the molecule is COc1ccc(OC)c(CN(C2CC2)S(=O)(=O)c2cc(F)ccc2C)c1. The van der Waals surface area contributed by atoms with Gasteiger partial charge in [-0.2, -0.15) is 4.31 Å². The highest BCUT2D eigenvalue weighted by atomic mass is 32.2. The maximum absolute atomic E-state index is 13.7. The molecule has 7 heteroatoms. The van der Waals surface area contributed by atoms with Gasteiger partial charge in [0.1, 0.15) is 17.3 Å². The zero-order valence-electron chi connectivity index (χ0n) is 15.0. The number of aryl methyl sites for hydroxylation is 1. The summed E-state index contributed by atoms with van der Waals surface area (Å²) in [7, 11) is -0.744. The minimum Gasteiger partial charge on any atom is -0.497 e. The molecule has 3 rings (SSSR count). The molecule has 0 N–H and O–H groups in total. The van der Waals surface area contributed by atoms with E-state index in [-0.39, 0.29) is 17.5 Å². The minimum absolute atomic E-state index is 0.00580. The smallest absolute Gasteiger partial charge is 0.243 e. The van der Waals surface area contributed by atoms with Crippen LogP contribution in [-0.4, -0.2) is 33.0 Å². The molecule has 26 heavy (non-hydrogen) atoms. The van der Waals surface area contributed by atoms with Gasteiger partial charge in [-0.15, -0.1) is 0 Å². The van der Waals surface area contributed by atoms with Crippen LogP contribution in [0.25, 0.3) is 0 Å². The van der Waals surface area contributed by atoms with E-state index in [1.165, 1.54) is 23.5 Å². The Morgan fingerprint density at radius 3 is 2.46 bits per heavy atom. The van der Waals surface area contributed by atoms with Gasteiger partial charge in [0.2, 0.25) is 10.0 Å². The number of ether oxygens (including phenoxy) is 2. The number of sulfonamides is 1. The summed E-state index contributed by atoms with van der Waals surface area (Å²) < 4.78 is 52.2. The average Bonchev–Trinajstić information content (AvgIpc) is 3.46. The molecule has 1 fully saturated rings. The summed E-state index contributed by atoms with van der Waals surface area (Å²) in [5, 5.41) is 0.